The summed E-state index contributed by atoms with van der Waals surface area (Å²) in [5.41, 5.74) is 7.43. The molecule has 6 N–H and O–H groups in total. The van der Waals surface area contributed by atoms with E-state index in [0.29, 0.717) is 32.2 Å². The van der Waals surface area contributed by atoms with Crippen molar-refractivity contribution in [2.24, 2.45) is 11.7 Å². The highest BCUT2D eigenvalue weighted by Crippen LogP contribution is 2.22. The highest BCUT2D eigenvalue weighted by molar-refractivity contribution is 5.94. The number of para-hydroxylation sites is 1. The average Bonchev–Trinajstić information content (AvgIpc) is 3.57. The summed E-state index contributed by atoms with van der Waals surface area (Å²) in [6.07, 6.45) is 3.49. The molecule has 2 heterocycles. The summed E-state index contributed by atoms with van der Waals surface area (Å²) in [5, 5.41) is 15.3. The molecule has 2 aromatic rings. The van der Waals surface area contributed by atoms with E-state index in [-0.39, 0.29) is 31.1 Å². The lowest BCUT2D eigenvalue weighted by Crippen LogP contribution is -2.56. The molecule has 11 heteroatoms. The third kappa shape index (κ3) is 9.10. The predicted octanol–water partition coefficient (Wildman–Crippen LogP) is 2.48. The standard InChI is InChI=1S/C27H37N5O6.C2H6/c1-16(2)14-21(25(28)36)31-26(37)20(10-12-24(34)35)30-27(38)22-8-5-13-32(22)23(33)11-9-17-15-29-19-7-4-3-6-18(17)19;1-2/h3-4,6-7,15-16,20-22,29H,5,8-14H2,1-2H3,(H2,28,36)(H,30,38)(H,31,37)(H,34,35);1-2H3/t20-,21+,22+;/m1./s1. The summed E-state index contributed by atoms with van der Waals surface area (Å²) in [7, 11) is 0. The Balaban J connectivity index is 0.00000274. The SMILES string of the molecule is CC.CC(C)C[C@H](NC(=O)[C@@H](CCC(=O)O)NC(=O)[C@@H]1CCCN1C(=O)CCc1c[nH]c2ccccc12)C(N)=O. The molecule has 4 amide bonds. The lowest BCUT2D eigenvalue weighted by atomic mass is 10.0. The van der Waals surface area contributed by atoms with Crippen LogP contribution >= 0.6 is 0 Å². The van der Waals surface area contributed by atoms with Gasteiger partial charge in [-0.3, -0.25) is 24.0 Å². The molecule has 1 aliphatic rings. The topological polar surface area (TPSA) is 175 Å². The van der Waals surface area contributed by atoms with Gasteiger partial charge in [-0.15, -0.1) is 0 Å². The molecule has 0 bridgehead atoms. The maximum Gasteiger partial charge on any atom is 0.303 e. The minimum absolute atomic E-state index is 0.0715. The largest absolute Gasteiger partial charge is 0.481 e. The number of nitrogens with zero attached hydrogens (tertiary/aromatic N) is 1. The van der Waals surface area contributed by atoms with Gasteiger partial charge in [-0.05, 0) is 49.7 Å². The van der Waals surface area contributed by atoms with Crippen LogP contribution in [0.2, 0.25) is 0 Å². The number of hydrogen-bond acceptors (Lipinski definition) is 5. The van der Waals surface area contributed by atoms with Crippen molar-refractivity contribution in [2.45, 2.75) is 90.8 Å². The van der Waals surface area contributed by atoms with E-state index in [2.05, 4.69) is 15.6 Å². The zero-order valence-electron chi connectivity index (χ0n) is 23.9. The number of hydrogen-bond donors (Lipinski definition) is 5. The van der Waals surface area contributed by atoms with E-state index in [1.54, 1.807) is 0 Å². The molecular weight excluding hydrogens is 514 g/mol. The molecule has 0 saturated carbocycles. The second kappa shape index (κ2) is 15.6. The Morgan fingerprint density at radius 1 is 1.07 bits per heavy atom. The third-order valence-corrected chi connectivity index (χ3v) is 6.81. The van der Waals surface area contributed by atoms with E-state index >= 15 is 0 Å². The summed E-state index contributed by atoms with van der Waals surface area (Å²) in [5.74, 6) is -3.13. The van der Waals surface area contributed by atoms with Gasteiger partial charge in [0.2, 0.25) is 23.6 Å². The average molecular weight is 558 g/mol. The summed E-state index contributed by atoms with van der Waals surface area (Å²) in [6, 6.07) is 4.94. The summed E-state index contributed by atoms with van der Waals surface area (Å²) >= 11 is 0. The Morgan fingerprint density at radius 3 is 2.42 bits per heavy atom. The molecule has 1 saturated heterocycles. The van der Waals surface area contributed by atoms with Crippen molar-refractivity contribution in [1.82, 2.24) is 20.5 Å². The van der Waals surface area contributed by atoms with Gasteiger partial charge in [-0.2, -0.15) is 0 Å². The van der Waals surface area contributed by atoms with E-state index in [4.69, 9.17) is 10.8 Å². The quantitative estimate of drug-likeness (QED) is 0.253. The monoisotopic (exact) mass is 557 g/mol. The van der Waals surface area contributed by atoms with Crippen molar-refractivity contribution in [2.75, 3.05) is 6.54 Å². The van der Waals surface area contributed by atoms with Crippen LogP contribution in [0.1, 0.15) is 71.8 Å². The Morgan fingerprint density at radius 2 is 1.77 bits per heavy atom. The first-order valence-corrected chi connectivity index (χ1v) is 14.0. The second-order valence-corrected chi connectivity index (χ2v) is 10.2. The molecule has 0 aliphatic carbocycles. The highest BCUT2D eigenvalue weighted by Gasteiger charge is 2.36. The Labute approximate surface area is 235 Å². The van der Waals surface area contributed by atoms with Crippen molar-refractivity contribution < 1.29 is 29.1 Å². The molecule has 1 fully saturated rings. The second-order valence-electron chi connectivity index (χ2n) is 10.2. The molecule has 1 aromatic carbocycles. The lowest BCUT2D eigenvalue weighted by Gasteiger charge is -2.27. The normalized spacial score (nSPS) is 16.1. The zero-order valence-corrected chi connectivity index (χ0v) is 23.9. The molecule has 0 radical (unpaired) electrons. The van der Waals surface area contributed by atoms with Crippen LogP contribution in [-0.4, -0.2) is 69.3 Å². The molecule has 1 aromatic heterocycles. The number of aromatic amines is 1. The highest BCUT2D eigenvalue weighted by atomic mass is 16.4. The van der Waals surface area contributed by atoms with Gasteiger partial charge in [0.15, 0.2) is 0 Å². The first kappa shape index (κ1) is 32.3. The molecule has 0 spiro atoms. The number of carboxylic acids is 1. The zero-order chi connectivity index (χ0) is 29.8. The van der Waals surface area contributed by atoms with E-state index in [9.17, 15) is 24.0 Å². The summed E-state index contributed by atoms with van der Waals surface area (Å²) < 4.78 is 0. The van der Waals surface area contributed by atoms with Gasteiger partial charge in [-0.1, -0.05) is 45.9 Å². The van der Waals surface area contributed by atoms with Crippen LogP contribution in [-0.2, 0) is 30.4 Å². The van der Waals surface area contributed by atoms with Crippen LogP contribution < -0.4 is 16.4 Å². The number of H-pyrrole nitrogens is 1. The van der Waals surface area contributed by atoms with Gasteiger partial charge in [0.05, 0.1) is 0 Å². The van der Waals surface area contributed by atoms with Crippen molar-refractivity contribution in [3.63, 3.8) is 0 Å². The van der Waals surface area contributed by atoms with Crippen molar-refractivity contribution in [1.29, 1.82) is 0 Å². The van der Waals surface area contributed by atoms with Gasteiger partial charge in [0.25, 0.3) is 0 Å². The van der Waals surface area contributed by atoms with Gasteiger partial charge in [-0.25, -0.2) is 0 Å². The molecule has 1 aliphatic heterocycles. The number of carboxylic acid groups (broad SMARTS) is 1. The third-order valence-electron chi connectivity index (χ3n) is 6.81. The number of fused-ring (bicyclic) bond motifs is 1. The maximum atomic E-state index is 13.2. The van der Waals surface area contributed by atoms with Gasteiger partial charge < -0.3 is 31.4 Å². The van der Waals surface area contributed by atoms with Crippen molar-refractivity contribution in [3.05, 3.63) is 36.0 Å². The Bertz CT molecular complexity index is 1180. The number of aliphatic carboxylic acids is 1. The maximum absolute atomic E-state index is 13.2. The first-order valence-electron chi connectivity index (χ1n) is 14.0. The number of likely N-dealkylation sites (tertiary alicyclic amines) is 1. The molecule has 220 valence electrons. The smallest absolute Gasteiger partial charge is 0.303 e. The summed E-state index contributed by atoms with van der Waals surface area (Å²) in [6.45, 7) is 8.17. The number of aryl methyl sites for hydroxylation is 1. The fourth-order valence-electron chi connectivity index (χ4n) is 4.86. The van der Waals surface area contributed by atoms with Crippen molar-refractivity contribution in [3.8, 4) is 0 Å². The molecular formula is C29H43N5O6. The Hall–Kier alpha value is -3.89. The summed E-state index contributed by atoms with van der Waals surface area (Å²) in [4.78, 5) is 66.9. The van der Waals surface area contributed by atoms with E-state index < -0.39 is 41.8 Å². The fraction of sp³-hybridized carbons (Fsp3) is 0.552. The predicted molar refractivity (Wildman–Crippen MR) is 152 cm³/mol. The van der Waals surface area contributed by atoms with Crippen molar-refractivity contribution >= 4 is 40.5 Å². The number of carbonyl (C=O) groups is 5. The number of nitrogens with two attached hydrogens (primary N) is 1. The number of aromatic nitrogens is 1. The fourth-order valence-corrected chi connectivity index (χ4v) is 4.86. The minimum atomic E-state index is -1.18. The number of primary amides is 1. The first-order chi connectivity index (χ1) is 19.1. The van der Waals surface area contributed by atoms with Gasteiger partial charge in [0.1, 0.15) is 18.1 Å². The van der Waals surface area contributed by atoms with E-state index in [0.717, 1.165) is 16.5 Å². The van der Waals surface area contributed by atoms with Crippen LogP contribution in [0.25, 0.3) is 10.9 Å². The van der Waals surface area contributed by atoms with Crippen LogP contribution in [0.15, 0.2) is 30.5 Å². The minimum Gasteiger partial charge on any atom is -0.481 e. The number of amides is 4. The number of rotatable bonds is 13. The van der Waals surface area contributed by atoms with Crippen LogP contribution in [0, 0.1) is 5.92 Å². The molecule has 3 atom stereocenters. The van der Waals surface area contributed by atoms with Crippen LogP contribution in [0.5, 0.6) is 0 Å². The van der Waals surface area contributed by atoms with E-state index in [1.807, 2.05) is 58.2 Å². The molecule has 40 heavy (non-hydrogen) atoms. The lowest BCUT2D eigenvalue weighted by molar-refractivity contribution is -0.140. The number of nitrogens with one attached hydrogen (secondary N) is 3. The van der Waals surface area contributed by atoms with E-state index in [1.165, 1.54) is 4.90 Å². The van der Waals surface area contributed by atoms with Crippen LogP contribution in [0.4, 0.5) is 0 Å². The van der Waals surface area contributed by atoms with Crippen LogP contribution in [0.3, 0.4) is 0 Å². The number of benzene rings is 1. The Kier molecular flexibility index (Phi) is 12.6. The van der Waals surface area contributed by atoms with Gasteiger partial charge in [0, 0.05) is 36.5 Å². The van der Waals surface area contributed by atoms with Gasteiger partial charge >= 0.3 is 5.97 Å². The molecule has 0 unspecified atom stereocenters. The molecule has 3 rings (SSSR count). The number of carbonyl (C=O) groups excluding carboxylic acids is 4. The molecule has 11 nitrogen and oxygen atoms in total.